The fourth-order valence-electron chi connectivity index (χ4n) is 3.41. The third kappa shape index (κ3) is 5.88. The van der Waals surface area contributed by atoms with Crippen LogP contribution in [0.4, 0.5) is 0 Å². The number of nitrogens with one attached hydrogen (secondary N) is 1. The van der Waals surface area contributed by atoms with E-state index in [2.05, 4.69) is 4.72 Å². The molecule has 0 bridgehead atoms. The SMILES string of the molecule is CS(=O)(=O)NC1CCN(C(=O)c2cccc(CS(=O)(=O)c3ccccc3)c2)CC1. The molecule has 1 aliphatic heterocycles. The summed E-state index contributed by atoms with van der Waals surface area (Å²) in [6.07, 6.45) is 2.21. The van der Waals surface area contributed by atoms with E-state index >= 15 is 0 Å². The maximum absolute atomic E-state index is 12.8. The number of nitrogens with zero attached hydrogens (tertiary/aromatic N) is 1. The highest BCUT2D eigenvalue weighted by molar-refractivity contribution is 7.90. The Morgan fingerprint density at radius 3 is 2.28 bits per heavy atom. The van der Waals surface area contributed by atoms with Crippen molar-refractivity contribution in [3.8, 4) is 0 Å². The predicted molar refractivity (Wildman–Crippen MR) is 111 cm³/mol. The van der Waals surface area contributed by atoms with Gasteiger partial charge in [-0.2, -0.15) is 0 Å². The maximum Gasteiger partial charge on any atom is 0.253 e. The summed E-state index contributed by atoms with van der Waals surface area (Å²) in [7, 11) is -6.77. The Balaban J connectivity index is 1.67. The molecule has 0 unspecified atom stereocenters. The van der Waals surface area contributed by atoms with E-state index in [9.17, 15) is 21.6 Å². The molecule has 1 saturated heterocycles. The van der Waals surface area contributed by atoms with Crippen LogP contribution in [0.1, 0.15) is 28.8 Å². The Labute approximate surface area is 171 Å². The van der Waals surface area contributed by atoms with Gasteiger partial charge < -0.3 is 4.90 Å². The van der Waals surface area contributed by atoms with Gasteiger partial charge in [0.2, 0.25) is 10.0 Å². The number of piperidine rings is 1. The minimum Gasteiger partial charge on any atom is -0.339 e. The molecule has 0 aliphatic carbocycles. The van der Waals surface area contributed by atoms with Gasteiger partial charge in [0.15, 0.2) is 9.84 Å². The largest absolute Gasteiger partial charge is 0.339 e. The smallest absolute Gasteiger partial charge is 0.253 e. The molecule has 29 heavy (non-hydrogen) atoms. The van der Waals surface area contributed by atoms with Crippen molar-refractivity contribution in [1.82, 2.24) is 9.62 Å². The van der Waals surface area contributed by atoms with Gasteiger partial charge in [-0.3, -0.25) is 4.79 Å². The molecule has 0 saturated carbocycles. The molecule has 0 radical (unpaired) electrons. The summed E-state index contributed by atoms with van der Waals surface area (Å²) in [5.41, 5.74) is 0.980. The topological polar surface area (TPSA) is 101 Å². The summed E-state index contributed by atoms with van der Waals surface area (Å²) in [6, 6.07) is 14.7. The number of rotatable bonds is 6. The third-order valence-electron chi connectivity index (χ3n) is 4.80. The van der Waals surface area contributed by atoms with Crippen LogP contribution in [0.15, 0.2) is 59.5 Å². The zero-order chi connectivity index (χ0) is 21.1. The van der Waals surface area contributed by atoms with Gasteiger partial charge in [-0.05, 0) is 42.7 Å². The lowest BCUT2D eigenvalue weighted by Gasteiger charge is -2.32. The quantitative estimate of drug-likeness (QED) is 0.744. The van der Waals surface area contributed by atoms with Crippen molar-refractivity contribution in [3.05, 3.63) is 65.7 Å². The van der Waals surface area contributed by atoms with E-state index in [-0.39, 0.29) is 22.6 Å². The van der Waals surface area contributed by atoms with E-state index in [1.165, 1.54) is 0 Å². The van der Waals surface area contributed by atoms with Crippen LogP contribution in [-0.4, -0.2) is 53.0 Å². The summed E-state index contributed by atoms with van der Waals surface area (Å²) in [6.45, 7) is 0.886. The van der Waals surface area contributed by atoms with E-state index in [0.717, 1.165) is 6.26 Å². The monoisotopic (exact) mass is 436 g/mol. The third-order valence-corrected chi connectivity index (χ3v) is 7.26. The second-order valence-corrected chi connectivity index (χ2v) is 11.0. The molecule has 0 atom stereocenters. The molecule has 1 fully saturated rings. The van der Waals surface area contributed by atoms with Crippen molar-refractivity contribution in [2.45, 2.75) is 29.5 Å². The Hall–Kier alpha value is -2.23. The second kappa shape index (κ2) is 8.64. The molecule has 2 aromatic carbocycles. The lowest BCUT2D eigenvalue weighted by Crippen LogP contribution is -2.46. The van der Waals surface area contributed by atoms with Crippen LogP contribution >= 0.6 is 0 Å². The Bertz CT molecular complexity index is 1070. The molecular formula is C20H24N2O5S2. The first-order valence-corrected chi connectivity index (χ1v) is 12.8. The van der Waals surface area contributed by atoms with Crippen LogP contribution in [0.2, 0.25) is 0 Å². The van der Waals surface area contributed by atoms with E-state index in [1.807, 2.05) is 0 Å². The molecule has 0 spiro atoms. The number of sulfone groups is 1. The first-order chi connectivity index (χ1) is 13.6. The second-order valence-electron chi connectivity index (χ2n) is 7.23. The van der Waals surface area contributed by atoms with Crippen LogP contribution in [0.5, 0.6) is 0 Å². The number of carbonyl (C=O) groups is 1. The van der Waals surface area contributed by atoms with Gasteiger partial charge in [0, 0.05) is 24.7 Å². The molecule has 7 nitrogen and oxygen atoms in total. The molecule has 1 heterocycles. The molecule has 1 aliphatic rings. The van der Waals surface area contributed by atoms with E-state index < -0.39 is 19.9 Å². The lowest BCUT2D eigenvalue weighted by molar-refractivity contribution is 0.0711. The fourth-order valence-corrected chi connectivity index (χ4v) is 5.61. The average molecular weight is 437 g/mol. The number of likely N-dealkylation sites (tertiary alicyclic amines) is 1. The minimum absolute atomic E-state index is 0.170. The first kappa shape index (κ1) is 21.5. The normalized spacial score (nSPS) is 16.0. The van der Waals surface area contributed by atoms with E-state index in [1.54, 1.807) is 59.5 Å². The van der Waals surface area contributed by atoms with Gasteiger partial charge >= 0.3 is 0 Å². The summed E-state index contributed by atoms with van der Waals surface area (Å²) >= 11 is 0. The van der Waals surface area contributed by atoms with Crippen LogP contribution in [-0.2, 0) is 25.6 Å². The number of hydrogen-bond donors (Lipinski definition) is 1. The number of amides is 1. The van der Waals surface area contributed by atoms with Gasteiger partial charge in [0.05, 0.1) is 16.9 Å². The van der Waals surface area contributed by atoms with Crippen molar-refractivity contribution in [1.29, 1.82) is 0 Å². The molecule has 156 valence electrons. The van der Waals surface area contributed by atoms with Gasteiger partial charge in [-0.15, -0.1) is 0 Å². The number of sulfonamides is 1. The molecule has 2 aromatic rings. The zero-order valence-electron chi connectivity index (χ0n) is 16.1. The lowest BCUT2D eigenvalue weighted by atomic mass is 10.0. The van der Waals surface area contributed by atoms with E-state index in [4.69, 9.17) is 0 Å². The molecular weight excluding hydrogens is 412 g/mol. The van der Waals surface area contributed by atoms with Gasteiger partial charge in [0.25, 0.3) is 5.91 Å². The van der Waals surface area contributed by atoms with Crippen LogP contribution in [0.3, 0.4) is 0 Å². The standard InChI is InChI=1S/C20H24N2O5S2/c1-28(24,25)21-18-10-12-22(13-11-18)20(23)17-7-5-6-16(14-17)15-29(26,27)19-8-3-2-4-9-19/h2-9,14,18,21H,10-13,15H2,1H3. The van der Waals surface area contributed by atoms with Crippen LogP contribution in [0.25, 0.3) is 0 Å². The average Bonchev–Trinajstić information content (AvgIpc) is 2.67. The predicted octanol–water partition coefficient (Wildman–Crippen LogP) is 1.81. The van der Waals surface area contributed by atoms with E-state index in [0.29, 0.717) is 37.1 Å². The van der Waals surface area contributed by atoms with Gasteiger partial charge in [-0.1, -0.05) is 30.3 Å². The molecule has 1 amide bonds. The molecule has 3 rings (SSSR count). The maximum atomic E-state index is 12.8. The van der Waals surface area contributed by atoms with Crippen LogP contribution in [0, 0.1) is 0 Å². The summed E-state index contributed by atoms with van der Waals surface area (Å²) in [5, 5.41) is 0. The highest BCUT2D eigenvalue weighted by Gasteiger charge is 2.25. The van der Waals surface area contributed by atoms with Crippen LogP contribution < -0.4 is 4.72 Å². The number of hydrogen-bond acceptors (Lipinski definition) is 5. The summed E-state index contributed by atoms with van der Waals surface area (Å²) < 4.78 is 50.4. The highest BCUT2D eigenvalue weighted by atomic mass is 32.2. The zero-order valence-corrected chi connectivity index (χ0v) is 17.7. The van der Waals surface area contributed by atoms with Crippen molar-refractivity contribution >= 4 is 25.8 Å². The van der Waals surface area contributed by atoms with Gasteiger partial charge in [-0.25, -0.2) is 21.6 Å². The Morgan fingerprint density at radius 2 is 1.66 bits per heavy atom. The summed E-state index contributed by atoms with van der Waals surface area (Å²) in [4.78, 5) is 14.7. The Morgan fingerprint density at radius 1 is 1.00 bits per heavy atom. The number of carbonyl (C=O) groups excluding carboxylic acids is 1. The Kier molecular flexibility index (Phi) is 6.40. The first-order valence-electron chi connectivity index (χ1n) is 9.27. The minimum atomic E-state index is -3.50. The molecule has 0 aromatic heterocycles. The summed E-state index contributed by atoms with van der Waals surface area (Å²) in [5.74, 6) is -0.361. The van der Waals surface area contributed by atoms with Crippen molar-refractivity contribution in [2.75, 3.05) is 19.3 Å². The highest BCUT2D eigenvalue weighted by Crippen LogP contribution is 2.19. The van der Waals surface area contributed by atoms with Crippen molar-refractivity contribution < 1.29 is 21.6 Å². The number of benzene rings is 2. The van der Waals surface area contributed by atoms with Gasteiger partial charge in [0.1, 0.15) is 0 Å². The van der Waals surface area contributed by atoms with Crippen molar-refractivity contribution in [2.24, 2.45) is 0 Å². The van der Waals surface area contributed by atoms with Crippen molar-refractivity contribution in [3.63, 3.8) is 0 Å². The molecule has 1 N–H and O–H groups in total. The molecule has 9 heteroatoms. The fraction of sp³-hybridized carbons (Fsp3) is 0.350.